The van der Waals surface area contributed by atoms with Crippen molar-refractivity contribution in [2.24, 2.45) is 0 Å². The van der Waals surface area contributed by atoms with Gasteiger partial charge in [-0.05, 0) is 12.5 Å². The Morgan fingerprint density at radius 2 is 2.20 bits per heavy atom. The quantitative estimate of drug-likeness (QED) is 0.810. The lowest BCUT2D eigenvalue weighted by Crippen LogP contribution is -2.08. The molecule has 0 aliphatic carbocycles. The summed E-state index contributed by atoms with van der Waals surface area (Å²) in [6.45, 7) is 2.86. The number of hydrogen-bond donors (Lipinski definition) is 1. The second-order valence-corrected chi connectivity index (χ2v) is 5.50. The molecular formula is C9H15N3O2S. The highest BCUT2D eigenvalue weighted by molar-refractivity contribution is 7.89. The van der Waals surface area contributed by atoms with Gasteiger partial charge in [-0.15, -0.1) is 0 Å². The van der Waals surface area contributed by atoms with Crippen LogP contribution in [0.4, 0.5) is 5.82 Å². The minimum atomic E-state index is -3.07. The molecule has 0 spiro atoms. The summed E-state index contributed by atoms with van der Waals surface area (Å²) >= 11 is 0. The van der Waals surface area contributed by atoms with Crippen LogP contribution >= 0.6 is 0 Å². The molecule has 84 valence electrons. The molecule has 15 heavy (non-hydrogen) atoms. The smallest absolute Gasteiger partial charge is 0.154 e. The van der Waals surface area contributed by atoms with Crippen molar-refractivity contribution >= 4 is 15.7 Å². The van der Waals surface area contributed by atoms with Crippen LogP contribution in [0.2, 0.25) is 0 Å². The van der Waals surface area contributed by atoms with Crippen LogP contribution in [0, 0.1) is 0 Å². The van der Waals surface area contributed by atoms with Gasteiger partial charge in [-0.2, -0.15) is 0 Å². The fourth-order valence-electron chi connectivity index (χ4n) is 1.05. The molecule has 0 saturated carbocycles. The largest absolute Gasteiger partial charge is 0.370 e. The van der Waals surface area contributed by atoms with E-state index in [9.17, 15) is 8.42 Å². The summed E-state index contributed by atoms with van der Waals surface area (Å²) in [6.07, 6.45) is 3.72. The van der Waals surface area contributed by atoms with Gasteiger partial charge in [-0.25, -0.2) is 18.4 Å². The molecule has 0 radical (unpaired) electrons. The Morgan fingerprint density at radius 1 is 1.47 bits per heavy atom. The van der Waals surface area contributed by atoms with Crippen molar-refractivity contribution in [2.45, 2.75) is 19.1 Å². The molecule has 1 rings (SSSR count). The van der Waals surface area contributed by atoms with Crippen molar-refractivity contribution in [3.63, 3.8) is 0 Å². The zero-order chi connectivity index (χ0) is 11.3. The van der Waals surface area contributed by atoms with Crippen LogP contribution in [0.1, 0.15) is 19.2 Å². The van der Waals surface area contributed by atoms with Crippen molar-refractivity contribution in [2.75, 3.05) is 18.1 Å². The lowest BCUT2D eigenvalue weighted by molar-refractivity contribution is 0.599. The average Bonchev–Trinajstić information content (AvgIpc) is 2.12. The van der Waals surface area contributed by atoms with Gasteiger partial charge in [0.1, 0.15) is 17.4 Å². The second kappa shape index (κ2) is 5.06. The predicted molar refractivity (Wildman–Crippen MR) is 59.4 cm³/mol. The number of nitrogens with one attached hydrogen (secondary N) is 1. The molecule has 6 heteroatoms. The molecule has 0 aliphatic heterocycles. The van der Waals surface area contributed by atoms with Gasteiger partial charge in [0, 0.05) is 19.0 Å². The Labute approximate surface area is 89.9 Å². The third-order valence-corrected chi connectivity index (χ3v) is 2.44. The number of rotatable bonds is 5. The number of anilines is 1. The van der Waals surface area contributed by atoms with Crippen LogP contribution < -0.4 is 5.32 Å². The van der Waals surface area contributed by atoms with E-state index in [-0.39, 0.29) is 5.75 Å². The van der Waals surface area contributed by atoms with Crippen LogP contribution in [0.3, 0.4) is 0 Å². The van der Waals surface area contributed by atoms with Gasteiger partial charge < -0.3 is 5.32 Å². The van der Waals surface area contributed by atoms with Crippen LogP contribution in [-0.2, 0) is 15.6 Å². The minimum absolute atomic E-state index is 0.116. The Morgan fingerprint density at radius 3 is 2.80 bits per heavy atom. The van der Waals surface area contributed by atoms with Gasteiger partial charge in [0.2, 0.25) is 0 Å². The molecule has 0 aromatic carbocycles. The molecule has 0 amide bonds. The van der Waals surface area contributed by atoms with Crippen molar-refractivity contribution < 1.29 is 8.42 Å². The molecule has 1 aromatic heterocycles. The third-order valence-electron chi connectivity index (χ3n) is 1.65. The molecule has 0 saturated heterocycles. The Bertz CT molecular complexity index is 417. The number of hydrogen-bond acceptors (Lipinski definition) is 5. The van der Waals surface area contributed by atoms with E-state index in [1.807, 2.05) is 6.92 Å². The Kier molecular flexibility index (Phi) is 4.02. The maximum Gasteiger partial charge on any atom is 0.154 e. The SMILES string of the molecule is CCCNc1ccnc(CS(C)(=O)=O)n1. The number of aromatic nitrogens is 2. The number of nitrogens with zero attached hydrogens (tertiary/aromatic N) is 2. The average molecular weight is 229 g/mol. The van der Waals surface area contributed by atoms with E-state index >= 15 is 0 Å². The van der Waals surface area contributed by atoms with Gasteiger partial charge in [0.25, 0.3) is 0 Å². The number of sulfone groups is 1. The molecule has 5 nitrogen and oxygen atoms in total. The van der Waals surface area contributed by atoms with Crippen LogP contribution in [0.15, 0.2) is 12.3 Å². The van der Waals surface area contributed by atoms with Crippen molar-refractivity contribution in [3.05, 3.63) is 18.1 Å². The summed E-state index contributed by atoms with van der Waals surface area (Å²) in [5, 5.41) is 3.07. The minimum Gasteiger partial charge on any atom is -0.370 e. The van der Waals surface area contributed by atoms with E-state index in [1.165, 1.54) is 6.26 Å². The molecule has 0 aliphatic rings. The Balaban J connectivity index is 2.74. The van der Waals surface area contributed by atoms with Gasteiger partial charge in [0.15, 0.2) is 9.84 Å². The molecule has 1 aromatic rings. The normalized spacial score (nSPS) is 11.3. The standard InChI is InChI=1S/C9H15N3O2S/c1-3-5-10-8-4-6-11-9(12-8)7-15(2,13)14/h4,6H,3,5,7H2,1-2H3,(H,10,11,12). The topological polar surface area (TPSA) is 72.0 Å². The monoisotopic (exact) mass is 229 g/mol. The molecule has 0 unspecified atom stereocenters. The molecular weight excluding hydrogens is 214 g/mol. The van der Waals surface area contributed by atoms with E-state index < -0.39 is 9.84 Å². The summed E-state index contributed by atoms with van der Waals surface area (Å²) < 4.78 is 22.1. The maximum absolute atomic E-state index is 11.0. The first kappa shape index (κ1) is 11.9. The van der Waals surface area contributed by atoms with E-state index in [4.69, 9.17) is 0 Å². The molecule has 1 N–H and O–H groups in total. The van der Waals surface area contributed by atoms with Gasteiger partial charge in [0.05, 0.1) is 0 Å². The predicted octanol–water partition coefficient (Wildman–Crippen LogP) is 0.843. The second-order valence-electron chi connectivity index (χ2n) is 3.35. The van der Waals surface area contributed by atoms with E-state index in [2.05, 4.69) is 15.3 Å². The van der Waals surface area contributed by atoms with E-state index in [0.29, 0.717) is 11.6 Å². The van der Waals surface area contributed by atoms with Gasteiger partial charge in [-0.1, -0.05) is 6.92 Å². The summed E-state index contributed by atoms with van der Waals surface area (Å²) in [6, 6.07) is 1.72. The lowest BCUT2D eigenvalue weighted by Gasteiger charge is -2.04. The summed E-state index contributed by atoms with van der Waals surface area (Å²) in [5.74, 6) is 0.887. The van der Waals surface area contributed by atoms with Gasteiger partial charge >= 0.3 is 0 Å². The molecule has 1 heterocycles. The highest BCUT2D eigenvalue weighted by Gasteiger charge is 2.07. The van der Waals surface area contributed by atoms with Crippen LogP contribution in [0.5, 0.6) is 0 Å². The fraction of sp³-hybridized carbons (Fsp3) is 0.556. The first-order chi connectivity index (χ1) is 7.01. The molecule has 0 fully saturated rings. The summed E-state index contributed by atoms with van der Waals surface area (Å²) in [7, 11) is -3.07. The van der Waals surface area contributed by atoms with Gasteiger partial charge in [-0.3, -0.25) is 0 Å². The summed E-state index contributed by atoms with van der Waals surface area (Å²) in [4.78, 5) is 8.00. The van der Waals surface area contributed by atoms with Crippen molar-refractivity contribution in [3.8, 4) is 0 Å². The lowest BCUT2D eigenvalue weighted by atomic mass is 10.4. The highest BCUT2D eigenvalue weighted by atomic mass is 32.2. The molecule has 0 bridgehead atoms. The van der Waals surface area contributed by atoms with Crippen molar-refractivity contribution in [1.82, 2.24) is 9.97 Å². The molecule has 0 atom stereocenters. The van der Waals surface area contributed by atoms with Crippen LogP contribution in [0.25, 0.3) is 0 Å². The highest BCUT2D eigenvalue weighted by Crippen LogP contribution is 2.04. The zero-order valence-corrected chi connectivity index (χ0v) is 9.71. The Hall–Kier alpha value is -1.17. The maximum atomic E-state index is 11.0. The van der Waals surface area contributed by atoms with E-state index in [1.54, 1.807) is 12.3 Å². The first-order valence-corrected chi connectivity index (χ1v) is 6.81. The fourth-order valence-corrected chi connectivity index (χ4v) is 1.66. The summed E-state index contributed by atoms with van der Waals surface area (Å²) in [5.41, 5.74) is 0. The van der Waals surface area contributed by atoms with E-state index in [0.717, 1.165) is 13.0 Å². The zero-order valence-electron chi connectivity index (χ0n) is 8.90. The van der Waals surface area contributed by atoms with Crippen LogP contribution in [-0.4, -0.2) is 31.2 Å². The third kappa shape index (κ3) is 4.73. The van der Waals surface area contributed by atoms with Crippen molar-refractivity contribution in [1.29, 1.82) is 0 Å². The first-order valence-electron chi connectivity index (χ1n) is 4.75.